The van der Waals surface area contributed by atoms with E-state index in [0.29, 0.717) is 6.54 Å². The van der Waals surface area contributed by atoms with Crippen molar-refractivity contribution in [2.24, 2.45) is 16.8 Å². The third-order valence-electron chi connectivity index (χ3n) is 5.90. The number of benzene rings is 1. The van der Waals surface area contributed by atoms with E-state index in [1.54, 1.807) is 7.05 Å². The standard InChI is InChI=1S/C21H32FN5O2/c1-16-14-27(15-19(16)20(28)29-3)21(23-2)24-8-9-25-10-12-26(13-11-25)18-6-4-17(22)5-7-18/h4-7,16,19H,8-15H2,1-3H3,(H,23,24). The second-order valence-electron chi connectivity index (χ2n) is 7.79. The molecule has 8 heteroatoms. The van der Waals surface area contributed by atoms with Crippen LogP contribution in [-0.4, -0.2) is 88.2 Å². The Morgan fingerprint density at radius 2 is 1.90 bits per heavy atom. The van der Waals surface area contributed by atoms with Crippen LogP contribution in [0.15, 0.2) is 29.3 Å². The second-order valence-corrected chi connectivity index (χ2v) is 7.79. The van der Waals surface area contributed by atoms with Crippen molar-refractivity contribution in [2.45, 2.75) is 6.92 Å². The van der Waals surface area contributed by atoms with E-state index in [0.717, 1.165) is 57.5 Å². The summed E-state index contributed by atoms with van der Waals surface area (Å²) in [5.41, 5.74) is 1.08. The Bertz CT molecular complexity index is 704. The lowest BCUT2D eigenvalue weighted by Crippen LogP contribution is -2.49. The molecule has 0 aromatic heterocycles. The van der Waals surface area contributed by atoms with E-state index in [9.17, 15) is 9.18 Å². The summed E-state index contributed by atoms with van der Waals surface area (Å²) in [4.78, 5) is 23.1. The zero-order chi connectivity index (χ0) is 20.8. The highest BCUT2D eigenvalue weighted by molar-refractivity contribution is 5.82. The van der Waals surface area contributed by atoms with Crippen LogP contribution in [0.4, 0.5) is 10.1 Å². The van der Waals surface area contributed by atoms with E-state index >= 15 is 0 Å². The van der Waals surface area contributed by atoms with E-state index in [-0.39, 0.29) is 23.6 Å². The molecule has 1 aromatic carbocycles. The normalized spacial score (nSPS) is 23.4. The van der Waals surface area contributed by atoms with Gasteiger partial charge in [-0.3, -0.25) is 14.7 Å². The molecule has 0 saturated carbocycles. The van der Waals surface area contributed by atoms with E-state index in [1.165, 1.54) is 19.2 Å². The van der Waals surface area contributed by atoms with Crippen molar-refractivity contribution in [2.75, 3.05) is 71.4 Å². The van der Waals surface area contributed by atoms with Crippen molar-refractivity contribution in [3.63, 3.8) is 0 Å². The Morgan fingerprint density at radius 3 is 2.52 bits per heavy atom. The molecule has 1 aromatic rings. The first-order valence-electron chi connectivity index (χ1n) is 10.3. The zero-order valence-electron chi connectivity index (χ0n) is 17.6. The number of hydrogen-bond acceptors (Lipinski definition) is 5. The number of piperazine rings is 1. The number of anilines is 1. The van der Waals surface area contributed by atoms with Crippen LogP contribution in [0.3, 0.4) is 0 Å². The van der Waals surface area contributed by atoms with Gasteiger partial charge in [-0.15, -0.1) is 0 Å². The van der Waals surface area contributed by atoms with Crippen molar-refractivity contribution in [1.82, 2.24) is 15.1 Å². The first-order valence-corrected chi connectivity index (χ1v) is 10.3. The Morgan fingerprint density at radius 1 is 1.21 bits per heavy atom. The van der Waals surface area contributed by atoms with E-state index in [4.69, 9.17) is 4.74 Å². The lowest BCUT2D eigenvalue weighted by molar-refractivity contribution is -0.145. The molecule has 160 valence electrons. The fourth-order valence-electron chi connectivity index (χ4n) is 4.14. The number of methoxy groups -OCH3 is 1. The molecule has 0 bridgehead atoms. The van der Waals surface area contributed by atoms with Gasteiger partial charge < -0.3 is 19.9 Å². The maximum absolute atomic E-state index is 13.1. The van der Waals surface area contributed by atoms with Gasteiger partial charge in [0, 0.05) is 65.1 Å². The van der Waals surface area contributed by atoms with Gasteiger partial charge in [-0.2, -0.15) is 0 Å². The molecule has 0 aliphatic carbocycles. The Labute approximate surface area is 172 Å². The largest absolute Gasteiger partial charge is 0.469 e. The fraction of sp³-hybridized carbons (Fsp3) is 0.619. The highest BCUT2D eigenvalue weighted by Gasteiger charge is 2.36. The summed E-state index contributed by atoms with van der Waals surface area (Å²) in [6, 6.07) is 6.72. The van der Waals surface area contributed by atoms with Gasteiger partial charge in [-0.25, -0.2) is 4.39 Å². The number of guanidine groups is 1. The Balaban J connectivity index is 1.41. The number of aliphatic imine (C=N–C) groups is 1. The molecule has 2 saturated heterocycles. The van der Waals surface area contributed by atoms with Crippen molar-refractivity contribution in [3.8, 4) is 0 Å². The van der Waals surface area contributed by atoms with E-state index < -0.39 is 0 Å². The summed E-state index contributed by atoms with van der Waals surface area (Å²) in [6.07, 6.45) is 0. The molecule has 3 rings (SSSR count). The molecule has 2 atom stereocenters. The fourth-order valence-corrected chi connectivity index (χ4v) is 4.14. The quantitative estimate of drug-likeness (QED) is 0.452. The van der Waals surface area contributed by atoms with Gasteiger partial charge >= 0.3 is 5.97 Å². The number of halogens is 1. The smallest absolute Gasteiger partial charge is 0.310 e. The van der Waals surface area contributed by atoms with Crippen LogP contribution in [0.2, 0.25) is 0 Å². The molecule has 29 heavy (non-hydrogen) atoms. The number of carbonyl (C=O) groups is 1. The minimum Gasteiger partial charge on any atom is -0.469 e. The summed E-state index contributed by atoms with van der Waals surface area (Å²) >= 11 is 0. The highest BCUT2D eigenvalue weighted by atomic mass is 19.1. The van der Waals surface area contributed by atoms with Gasteiger partial charge in [0.15, 0.2) is 5.96 Å². The first-order chi connectivity index (χ1) is 14.0. The van der Waals surface area contributed by atoms with Crippen LogP contribution in [0.1, 0.15) is 6.92 Å². The Kier molecular flexibility index (Phi) is 7.30. The zero-order valence-corrected chi connectivity index (χ0v) is 17.6. The summed E-state index contributed by atoms with van der Waals surface area (Å²) < 4.78 is 18.0. The predicted octanol–water partition coefficient (Wildman–Crippen LogP) is 1.26. The summed E-state index contributed by atoms with van der Waals surface area (Å²) in [7, 11) is 3.22. The monoisotopic (exact) mass is 405 g/mol. The minimum absolute atomic E-state index is 0.0990. The van der Waals surface area contributed by atoms with E-state index in [1.807, 2.05) is 12.1 Å². The average molecular weight is 406 g/mol. The van der Waals surface area contributed by atoms with E-state index in [2.05, 4.69) is 31.9 Å². The van der Waals surface area contributed by atoms with Gasteiger partial charge in [0.1, 0.15) is 5.82 Å². The molecule has 0 radical (unpaired) electrons. The van der Waals surface area contributed by atoms with Gasteiger partial charge in [-0.1, -0.05) is 6.92 Å². The van der Waals surface area contributed by atoms with Gasteiger partial charge in [0.2, 0.25) is 0 Å². The van der Waals surface area contributed by atoms with Crippen LogP contribution >= 0.6 is 0 Å². The predicted molar refractivity (Wildman–Crippen MR) is 113 cm³/mol. The van der Waals surface area contributed by atoms with Crippen molar-refractivity contribution < 1.29 is 13.9 Å². The van der Waals surface area contributed by atoms with Crippen LogP contribution in [0.5, 0.6) is 0 Å². The minimum atomic E-state index is -0.197. The second kappa shape index (κ2) is 9.91. The Hall–Kier alpha value is -2.35. The topological polar surface area (TPSA) is 60.4 Å². The molecule has 1 N–H and O–H groups in total. The summed E-state index contributed by atoms with van der Waals surface area (Å²) in [5, 5.41) is 3.43. The molecule has 2 heterocycles. The van der Waals surface area contributed by atoms with Crippen LogP contribution < -0.4 is 10.2 Å². The molecule has 2 aliphatic rings. The number of esters is 1. The van der Waals surface area contributed by atoms with Crippen molar-refractivity contribution in [3.05, 3.63) is 30.1 Å². The number of nitrogens with zero attached hydrogens (tertiary/aromatic N) is 4. The third-order valence-corrected chi connectivity index (χ3v) is 5.90. The molecule has 7 nitrogen and oxygen atoms in total. The van der Waals surface area contributed by atoms with Gasteiger partial charge in [0.05, 0.1) is 13.0 Å². The van der Waals surface area contributed by atoms with Crippen LogP contribution in [-0.2, 0) is 9.53 Å². The summed E-state index contributed by atoms with van der Waals surface area (Å²) in [6.45, 7) is 9.08. The average Bonchev–Trinajstić information content (AvgIpc) is 3.13. The van der Waals surface area contributed by atoms with Crippen LogP contribution in [0, 0.1) is 17.7 Å². The lowest BCUT2D eigenvalue weighted by atomic mass is 9.99. The molecule has 2 fully saturated rings. The molecular weight excluding hydrogens is 373 g/mol. The number of ether oxygens (including phenoxy) is 1. The number of rotatable bonds is 5. The number of nitrogens with one attached hydrogen (secondary N) is 1. The summed E-state index contributed by atoms with van der Waals surface area (Å²) in [5.74, 6) is 0.651. The first kappa shape index (κ1) is 21.4. The molecule has 0 amide bonds. The SMILES string of the molecule is CN=C(NCCN1CCN(c2ccc(F)cc2)CC1)N1CC(C)C(C(=O)OC)C1. The number of carbonyl (C=O) groups excluding carboxylic acids is 1. The van der Waals surface area contributed by atoms with Gasteiger partial charge in [0.25, 0.3) is 0 Å². The maximum atomic E-state index is 13.1. The molecule has 2 unspecified atom stereocenters. The lowest BCUT2D eigenvalue weighted by Gasteiger charge is -2.36. The van der Waals surface area contributed by atoms with Crippen molar-refractivity contribution >= 4 is 17.6 Å². The number of likely N-dealkylation sites (tertiary alicyclic amines) is 1. The number of hydrogen-bond donors (Lipinski definition) is 1. The van der Waals surface area contributed by atoms with Gasteiger partial charge in [-0.05, 0) is 30.2 Å². The molecular formula is C21H32FN5O2. The third kappa shape index (κ3) is 5.38. The molecule has 2 aliphatic heterocycles. The maximum Gasteiger partial charge on any atom is 0.310 e. The van der Waals surface area contributed by atoms with Crippen LogP contribution in [0.25, 0.3) is 0 Å². The highest BCUT2D eigenvalue weighted by Crippen LogP contribution is 2.24. The van der Waals surface area contributed by atoms with Crippen molar-refractivity contribution in [1.29, 1.82) is 0 Å². The molecule has 0 spiro atoms.